The molecule has 6 heteroatoms. The van der Waals surface area contributed by atoms with Crippen molar-refractivity contribution in [3.8, 4) is 0 Å². The van der Waals surface area contributed by atoms with E-state index in [1.807, 2.05) is 0 Å². The Morgan fingerprint density at radius 1 is 0.667 bits per heavy atom. The van der Waals surface area contributed by atoms with Crippen molar-refractivity contribution in [2.24, 2.45) is 0 Å². The molecule has 0 atom stereocenters. The zero-order chi connectivity index (χ0) is 19.2. The van der Waals surface area contributed by atoms with Crippen LogP contribution in [0.5, 0.6) is 0 Å². The zero-order valence-electron chi connectivity index (χ0n) is 15.0. The summed E-state index contributed by atoms with van der Waals surface area (Å²) in [6.07, 6.45) is 1.16. The molecule has 0 aromatic heterocycles. The number of amides is 2. The summed E-state index contributed by atoms with van der Waals surface area (Å²) in [6, 6.07) is 11.9. The minimum absolute atomic E-state index is 0.0190. The molecule has 2 aromatic rings. The van der Waals surface area contributed by atoms with Crippen LogP contribution in [-0.2, 0) is 22.4 Å². The molecule has 142 valence electrons. The Kier molecular flexibility index (Phi) is 6.16. The number of carbonyl (C=O) groups is 2. The fourth-order valence-corrected chi connectivity index (χ4v) is 3.19. The Hall–Kier alpha value is -2.76. The standard InChI is InChI=1S/C21H22F2N2O2/c22-18-6-2-16(3-7-18)14-20(26)24-10-1-11-25(13-12-24)21(27)15-17-4-8-19(23)9-5-17/h2-9H,1,10-15H2. The van der Waals surface area contributed by atoms with Gasteiger partial charge in [0, 0.05) is 26.2 Å². The molecule has 0 radical (unpaired) electrons. The molecular weight excluding hydrogens is 350 g/mol. The van der Waals surface area contributed by atoms with Gasteiger partial charge in [0.1, 0.15) is 11.6 Å². The van der Waals surface area contributed by atoms with E-state index < -0.39 is 0 Å². The third-order valence-electron chi connectivity index (χ3n) is 4.74. The van der Waals surface area contributed by atoms with Crippen molar-refractivity contribution >= 4 is 11.8 Å². The topological polar surface area (TPSA) is 40.6 Å². The van der Waals surface area contributed by atoms with Crippen LogP contribution in [-0.4, -0.2) is 47.8 Å². The molecule has 27 heavy (non-hydrogen) atoms. The van der Waals surface area contributed by atoms with Gasteiger partial charge in [0.05, 0.1) is 12.8 Å². The lowest BCUT2D eigenvalue weighted by Crippen LogP contribution is -2.38. The fourth-order valence-electron chi connectivity index (χ4n) is 3.19. The van der Waals surface area contributed by atoms with Gasteiger partial charge in [0.25, 0.3) is 0 Å². The van der Waals surface area contributed by atoms with E-state index >= 15 is 0 Å². The summed E-state index contributed by atoms with van der Waals surface area (Å²) in [4.78, 5) is 28.5. The van der Waals surface area contributed by atoms with Crippen LogP contribution in [0.2, 0.25) is 0 Å². The van der Waals surface area contributed by atoms with E-state index in [-0.39, 0.29) is 36.3 Å². The monoisotopic (exact) mass is 372 g/mol. The average Bonchev–Trinajstić information content (AvgIpc) is 2.92. The molecule has 0 N–H and O–H groups in total. The predicted octanol–water partition coefficient (Wildman–Crippen LogP) is 2.81. The second-order valence-electron chi connectivity index (χ2n) is 6.72. The lowest BCUT2D eigenvalue weighted by atomic mass is 10.1. The highest BCUT2D eigenvalue weighted by Gasteiger charge is 2.22. The highest BCUT2D eigenvalue weighted by molar-refractivity contribution is 5.80. The van der Waals surface area contributed by atoms with Crippen molar-refractivity contribution in [1.29, 1.82) is 0 Å². The Morgan fingerprint density at radius 2 is 1.04 bits per heavy atom. The maximum absolute atomic E-state index is 13.0. The Labute approximate surface area is 157 Å². The van der Waals surface area contributed by atoms with Crippen molar-refractivity contribution in [3.05, 3.63) is 71.3 Å². The van der Waals surface area contributed by atoms with E-state index in [1.54, 1.807) is 34.1 Å². The van der Waals surface area contributed by atoms with Gasteiger partial charge in [-0.15, -0.1) is 0 Å². The number of benzene rings is 2. The molecule has 0 spiro atoms. The first-order chi connectivity index (χ1) is 13.0. The van der Waals surface area contributed by atoms with Crippen LogP contribution in [0, 0.1) is 11.6 Å². The Bertz CT molecular complexity index is 723. The molecule has 0 unspecified atom stereocenters. The quantitative estimate of drug-likeness (QED) is 0.828. The lowest BCUT2D eigenvalue weighted by Gasteiger charge is -2.22. The van der Waals surface area contributed by atoms with Crippen LogP contribution < -0.4 is 0 Å². The molecule has 4 nitrogen and oxygen atoms in total. The van der Waals surface area contributed by atoms with Gasteiger partial charge in [0.15, 0.2) is 0 Å². The molecule has 2 aromatic carbocycles. The van der Waals surface area contributed by atoms with Gasteiger partial charge in [-0.25, -0.2) is 8.78 Å². The second kappa shape index (κ2) is 8.75. The molecule has 1 aliphatic rings. The largest absolute Gasteiger partial charge is 0.341 e. The number of carbonyl (C=O) groups excluding carboxylic acids is 2. The van der Waals surface area contributed by atoms with E-state index in [0.29, 0.717) is 32.6 Å². The normalized spacial score (nSPS) is 14.7. The molecule has 0 bridgehead atoms. The lowest BCUT2D eigenvalue weighted by molar-refractivity contribution is -0.132. The van der Waals surface area contributed by atoms with Crippen LogP contribution >= 0.6 is 0 Å². The SMILES string of the molecule is O=C(Cc1ccc(F)cc1)N1CCCN(C(=O)Cc2ccc(F)cc2)CC1. The van der Waals surface area contributed by atoms with Crippen LogP contribution in [0.1, 0.15) is 17.5 Å². The van der Waals surface area contributed by atoms with Crippen molar-refractivity contribution < 1.29 is 18.4 Å². The van der Waals surface area contributed by atoms with Gasteiger partial charge in [0.2, 0.25) is 11.8 Å². The van der Waals surface area contributed by atoms with Gasteiger partial charge < -0.3 is 9.80 Å². The van der Waals surface area contributed by atoms with Crippen molar-refractivity contribution in [3.63, 3.8) is 0 Å². The smallest absolute Gasteiger partial charge is 0.227 e. The molecule has 1 saturated heterocycles. The number of halogens is 2. The summed E-state index contributed by atoms with van der Waals surface area (Å²) < 4.78 is 26.0. The van der Waals surface area contributed by atoms with E-state index in [0.717, 1.165) is 11.1 Å². The molecule has 1 heterocycles. The highest BCUT2D eigenvalue weighted by atomic mass is 19.1. The fraction of sp³-hybridized carbons (Fsp3) is 0.333. The van der Waals surface area contributed by atoms with Gasteiger partial charge in [-0.2, -0.15) is 0 Å². The predicted molar refractivity (Wildman–Crippen MR) is 98.0 cm³/mol. The van der Waals surface area contributed by atoms with E-state index in [2.05, 4.69) is 0 Å². The van der Waals surface area contributed by atoms with Crippen LogP contribution in [0.15, 0.2) is 48.5 Å². The molecular formula is C21H22F2N2O2. The minimum Gasteiger partial charge on any atom is -0.341 e. The highest BCUT2D eigenvalue weighted by Crippen LogP contribution is 2.11. The Morgan fingerprint density at radius 3 is 1.41 bits per heavy atom. The molecule has 1 fully saturated rings. The van der Waals surface area contributed by atoms with Crippen molar-refractivity contribution in [1.82, 2.24) is 9.80 Å². The van der Waals surface area contributed by atoms with E-state index in [9.17, 15) is 18.4 Å². The first-order valence-corrected chi connectivity index (χ1v) is 9.06. The molecule has 0 aliphatic carbocycles. The Balaban J connectivity index is 1.53. The summed E-state index contributed by atoms with van der Waals surface area (Å²) in [6.45, 7) is 2.16. The van der Waals surface area contributed by atoms with Crippen LogP contribution in [0.4, 0.5) is 8.78 Å². The average molecular weight is 372 g/mol. The number of rotatable bonds is 4. The second-order valence-corrected chi connectivity index (χ2v) is 6.72. The third-order valence-corrected chi connectivity index (χ3v) is 4.74. The zero-order valence-corrected chi connectivity index (χ0v) is 15.0. The summed E-state index contributed by atoms with van der Waals surface area (Å²) in [5, 5.41) is 0. The maximum atomic E-state index is 13.0. The first kappa shape index (κ1) is 19.0. The van der Waals surface area contributed by atoms with Gasteiger partial charge in [-0.05, 0) is 41.8 Å². The minimum atomic E-state index is -0.323. The molecule has 3 rings (SSSR count). The van der Waals surface area contributed by atoms with Crippen molar-refractivity contribution in [2.75, 3.05) is 26.2 Å². The van der Waals surface area contributed by atoms with E-state index in [4.69, 9.17) is 0 Å². The van der Waals surface area contributed by atoms with Crippen molar-refractivity contribution in [2.45, 2.75) is 19.3 Å². The van der Waals surface area contributed by atoms with Gasteiger partial charge in [-0.1, -0.05) is 24.3 Å². The first-order valence-electron chi connectivity index (χ1n) is 9.06. The number of nitrogens with zero attached hydrogens (tertiary/aromatic N) is 2. The third kappa shape index (κ3) is 5.36. The number of hydrogen-bond donors (Lipinski definition) is 0. The summed E-state index contributed by atoms with van der Waals surface area (Å²) >= 11 is 0. The maximum Gasteiger partial charge on any atom is 0.227 e. The van der Waals surface area contributed by atoms with Crippen LogP contribution in [0.25, 0.3) is 0 Å². The van der Waals surface area contributed by atoms with E-state index in [1.165, 1.54) is 24.3 Å². The summed E-state index contributed by atoms with van der Waals surface area (Å²) in [5.74, 6) is -0.684. The summed E-state index contributed by atoms with van der Waals surface area (Å²) in [5.41, 5.74) is 1.55. The molecule has 0 saturated carbocycles. The number of hydrogen-bond acceptors (Lipinski definition) is 2. The molecule has 1 aliphatic heterocycles. The summed E-state index contributed by atoms with van der Waals surface area (Å²) in [7, 11) is 0. The van der Waals surface area contributed by atoms with Gasteiger partial charge in [-0.3, -0.25) is 9.59 Å². The van der Waals surface area contributed by atoms with Crippen LogP contribution in [0.3, 0.4) is 0 Å². The van der Waals surface area contributed by atoms with Gasteiger partial charge >= 0.3 is 0 Å². The molecule has 2 amide bonds.